The summed E-state index contributed by atoms with van der Waals surface area (Å²) in [5, 5.41) is 7.56. The van der Waals surface area contributed by atoms with E-state index < -0.39 is 0 Å². The Bertz CT molecular complexity index is 570. The Kier molecular flexibility index (Phi) is 3.51. The number of aromatic nitrogens is 1. The Balaban J connectivity index is 1.56. The van der Waals surface area contributed by atoms with E-state index in [1.165, 1.54) is 12.8 Å². The highest BCUT2D eigenvalue weighted by Gasteiger charge is 2.14. The van der Waals surface area contributed by atoms with Crippen molar-refractivity contribution in [2.45, 2.75) is 25.3 Å². The third kappa shape index (κ3) is 2.79. The normalized spacial score (nSPS) is 18.8. The molecule has 0 aliphatic carbocycles. The second kappa shape index (κ2) is 5.45. The summed E-state index contributed by atoms with van der Waals surface area (Å²) in [4.78, 5) is 15.2. The van der Waals surface area contributed by atoms with E-state index in [1.807, 2.05) is 30.5 Å². The van der Waals surface area contributed by atoms with Crippen LogP contribution in [-0.2, 0) is 0 Å². The molecule has 4 heteroatoms. The van der Waals surface area contributed by atoms with E-state index in [0.29, 0.717) is 11.6 Å². The molecule has 1 amide bonds. The Hall–Kier alpha value is -1.81. The van der Waals surface area contributed by atoms with Crippen molar-refractivity contribution in [3.8, 4) is 0 Å². The van der Waals surface area contributed by atoms with Crippen molar-refractivity contribution >= 4 is 16.8 Å². The number of H-pyrrole nitrogens is 1. The molecule has 1 atom stereocenters. The minimum absolute atomic E-state index is 0.00879. The van der Waals surface area contributed by atoms with E-state index in [-0.39, 0.29) is 5.91 Å². The van der Waals surface area contributed by atoms with E-state index in [4.69, 9.17) is 0 Å². The van der Waals surface area contributed by atoms with Crippen LogP contribution in [0.3, 0.4) is 0 Å². The van der Waals surface area contributed by atoms with Gasteiger partial charge >= 0.3 is 0 Å². The van der Waals surface area contributed by atoms with Gasteiger partial charge in [-0.1, -0.05) is 6.07 Å². The Morgan fingerprint density at radius 3 is 3.16 bits per heavy atom. The number of fused-ring (bicyclic) bond motifs is 1. The zero-order chi connectivity index (χ0) is 13.1. The fourth-order valence-corrected chi connectivity index (χ4v) is 2.65. The Morgan fingerprint density at radius 2 is 2.32 bits per heavy atom. The zero-order valence-corrected chi connectivity index (χ0v) is 10.9. The van der Waals surface area contributed by atoms with E-state index >= 15 is 0 Å². The third-order valence-corrected chi connectivity index (χ3v) is 3.76. The molecular weight excluding hydrogens is 238 g/mol. The van der Waals surface area contributed by atoms with E-state index in [9.17, 15) is 4.79 Å². The number of carbonyl (C=O) groups is 1. The molecule has 0 radical (unpaired) electrons. The number of carbonyl (C=O) groups excluding carboxylic acids is 1. The summed E-state index contributed by atoms with van der Waals surface area (Å²) in [7, 11) is 0. The third-order valence-electron chi connectivity index (χ3n) is 3.76. The van der Waals surface area contributed by atoms with Gasteiger partial charge in [-0.3, -0.25) is 4.79 Å². The lowest BCUT2D eigenvalue weighted by Gasteiger charge is -2.10. The molecule has 0 saturated carbocycles. The van der Waals surface area contributed by atoms with E-state index in [0.717, 1.165) is 30.4 Å². The van der Waals surface area contributed by atoms with Gasteiger partial charge in [-0.05, 0) is 49.4 Å². The Labute approximate surface area is 112 Å². The maximum Gasteiger partial charge on any atom is 0.251 e. The molecule has 2 aromatic rings. The summed E-state index contributed by atoms with van der Waals surface area (Å²) in [5.74, 6) is 0.00879. The fourth-order valence-electron chi connectivity index (χ4n) is 2.65. The van der Waals surface area contributed by atoms with Crippen molar-refractivity contribution < 1.29 is 4.79 Å². The van der Waals surface area contributed by atoms with Crippen LogP contribution in [0.4, 0.5) is 0 Å². The van der Waals surface area contributed by atoms with Gasteiger partial charge in [0.2, 0.25) is 0 Å². The molecular formula is C15H19N3O. The lowest BCUT2D eigenvalue weighted by atomic mass is 10.1. The van der Waals surface area contributed by atoms with Crippen LogP contribution in [0.1, 0.15) is 29.6 Å². The SMILES string of the molecule is O=C(NCC[C@@H]1CCCN1)c1ccc2cc[nH]c2c1. The van der Waals surface area contributed by atoms with Gasteiger partial charge in [0.15, 0.2) is 0 Å². The second-order valence-electron chi connectivity index (χ2n) is 5.12. The van der Waals surface area contributed by atoms with Gasteiger partial charge in [-0.2, -0.15) is 0 Å². The average molecular weight is 257 g/mol. The van der Waals surface area contributed by atoms with Crippen LogP contribution >= 0.6 is 0 Å². The molecule has 100 valence electrons. The van der Waals surface area contributed by atoms with Crippen LogP contribution in [0.2, 0.25) is 0 Å². The predicted molar refractivity (Wildman–Crippen MR) is 76.3 cm³/mol. The average Bonchev–Trinajstić information content (AvgIpc) is 3.08. The van der Waals surface area contributed by atoms with Crippen LogP contribution in [0.15, 0.2) is 30.5 Å². The summed E-state index contributed by atoms with van der Waals surface area (Å²) < 4.78 is 0. The topological polar surface area (TPSA) is 56.9 Å². The maximum absolute atomic E-state index is 12.0. The number of benzene rings is 1. The summed E-state index contributed by atoms with van der Waals surface area (Å²) in [6, 6.07) is 8.33. The molecule has 4 nitrogen and oxygen atoms in total. The minimum Gasteiger partial charge on any atom is -0.361 e. The van der Waals surface area contributed by atoms with Crippen LogP contribution in [0, 0.1) is 0 Å². The van der Waals surface area contributed by atoms with Crippen LogP contribution in [0.5, 0.6) is 0 Å². The lowest BCUT2D eigenvalue weighted by Crippen LogP contribution is -2.30. The molecule has 1 aromatic heterocycles. The quantitative estimate of drug-likeness (QED) is 0.785. The number of amides is 1. The molecule has 1 aliphatic heterocycles. The lowest BCUT2D eigenvalue weighted by molar-refractivity contribution is 0.0952. The molecule has 0 spiro atoms. The zero-order valence-electron chi connectivity index (χ0n) is 10.9. The molecule has 19 heavy (non-hydrogen) atoms. The van der Waals surface area contributed by atoms with Gasteiger partial charge in [0, 0.05) is 29.9 Å². The Morgan fingerprint density at radius 1 is 1.37 bits per heavy atom. The van der Waals surface area contributed by atoms with Gasteiger partial charge in [0.1, 0.15) is 0 Å². The van der Waals surface area contributed by atoms with Gasteiger partial charge < -0.3 is 15.6 Å². The molecule has 1 aliphatic rings. The van der Waals surface area contributed by atoms with Gasteiger partial charge in [0.25, 0.3) is 5.91 Å². The molecule has 0 bridgehead atoms. The molecule has 3 N–H and O–H groups in total. The molecule has 1 saturated heterocycles. The van der Waals surface area contributed by atoms with Crippen LogP contribution in [-0.4, -0.2) is 30.0 Å². The summed E-state index contributed by atoms with van der Waals surface area (Å²) in [5.41, 5.74) is 1.72. The standard InChI is InChI=1S/C15H19N3O/c19-15(18-9-6-13-2-1-7-16-13)12-4-3-11-5-8-17-14(11)10-12/h3-5,8,10,13,16-17H,1-2,6-7,9H2,(H,18,19)/t13-/m0/s1. The van der Waals surface area contributed by atoms with Gasteiger partial charge in [0.05, 0.1) is 0 Å². The number of rotatable bonds is 4. The largest absolute Gasteiger partial charge is 0.361 e. The van der Waals surface area contributed by atoms with Crippen molar-refractivity contribution in [2.24, 2.45) is 0 Å². The number of aromatic amines is 1. The highest BCUT2D eigenvalue weighted by molar-refractivity contribution is 5.97. The fraction of sp³-hybridized carbons (Fsp3) is 0.400. The number of hydrogen-bond acceptors (Lipinski definition) is 2. The molecule has 3 rings (SSSR count). The summed E-state index contributed by atoms with van der Waals surface area (Å²) >= 11 is 0. The first-order valence-corrected chi connectivity index (χ1v) is 6.92. The first-order chi connectivity index (χ1) is 9.33. The van der Waals surface area contributed by atoms with Crippen LogP contribution < -0.4 is 10.6 Å². The van der Waals surface area contributed by atoms with Crippen molar-refractivity contribution in [1.29, 1.82) is 0 Å². The smallest absolute Gasteiger partial charge is 0.251 e. The van der Waals surface area contributed by atoms with Crippen molar-refractivity contribution in [3.63, 3.8) is 0 Å². The second-order valence-corrected chi connectivity index (χ2v) is 5.12. The summed E-state index contributed by atoms with van der Waals surface area (Å²) in [6.07, 6.45) is 5.38. The molecule has 2 heterocycles. The van der Waals surface area contributed by atoms with E-state index in [2.05, 4.69) is 15.6 Å². The first-order valence-electron chi connectivity index (χ1n) is 6.92. The monoisotopic (exact) mass is 257 g/mol. The van der Waals surface area contributed by atoms with E-state index in [1.54, 1.807) is 0 Å². The molecule has 0 unspecified atom stereocenters. The molecule has 1 aromatic carbocycles. The van der Waals surface area contributed by atoms with Crippen LogP contribution in [0.25, 0.3) is 10.9 Å². The van der Waals surface area contributed by atoms with Crippen molar-refractivity contribution in [2.75, 3.05) is 13.1 Å². The maximum atomic E-state index is 12.0. The highest BCUT2D eigenvalue weighted by Crippen LogP contribution is 2.14. The number of nitrogens with one attached hydrogen (secondary N) is 3. The highest BCUT2D eigenvalue weighted by atomic mass is 16.1. The van der Waals surface area contributed by atoms with Crippen molar-refractivity contribution in [1.82, 2.24) is 15.6 Å². The first kappa shape index (κ1) is 12.2. The summed E-state index contributed by atoms with van der Waals surface area (Å²) in [6.45, 7) is 1.85. The molecule has 1 fully saturated rings. The van der Waals surface area contributed by atoms with Crippen molar-refractivity contribution in [3.05, 3.63) is 36.0 Å². The predicted octanol–water partition coefficient (Wildman–Crippen LogP) is 2.04. The number of hydrogen-bond donors (Lipinski definition) is 3. The van der Waals surface area contributed by atoms with Gasteiger partial charge in [-0.15, -0.1) is 0 Å². The van der Waals surface area contributed by atoms with Gasteiger partial charge in [-0.25, -0.2) is 0 Å². The minimum atomic E-state index is 0.00879.